The first kappa shape index (κ1) is 19.5. The zero-order valence-corrected chi connectivity index (χ0v) is 16.0. The predicted molar refractivity (Wildman–Crippen MR) is 103 cm³/mol. The zero-order chi connectivity index (χ0) is 20.5. The van der Waals surface area contributed by atoms with Gasteiger partial charge in [-0.25, -0.2) is 8.78 Å². The van der Waals surface area contributed by atoms with Crippen LogP contribution in [0.2, 0.25) is 0 Å². The van der Waals surface area contributed by atoms with Crippen LogP contribution in [0.1, 0.15) is 45.0 Å². The van der Waals surface area contributed by atoms with Crippen molar-refractivity contribution in [2.45, 2.75) is 39.2 Å². The molecule has 148 valence electrons. The second-order valence-electron chi connectivity index (χ2n) is 7.41. The number of benzene rings is 1. The van der Waals surface area contributed by atoms with Crippen LogP contribution in [-0.4, -0.2) is 25.1 Å². The molecule has 28 heavy (non-hydrogen) atoms. The molecule has 0 aliphatic heterocycles. The Labute approximate surface area is 161 Å². The Kier molecular flexibility index (Phi) is 5.12. The summed E-state index contributed by atoms with van der Waals surface area (Å²) >= 11 is 0. The van der Waals surface area contributed by atoms with Gasteiger partial charge in [-0.3, -0.25) is 5.10 Å². The molecule has 2 aromatic heterocycles. The van der Waals surface area contributed by atoms with Crippen molar-refractivity contribution in [3.8, 4) is 0 Å². The summed E-state index contributed by atoms with van der Waals surface area (Å²) in [5, 5.41) is 13.0. The molecule has 1 atom stereocenters. The van der Waals surface area contributed by atoms with E-state index in [0.29, 0.717) is 5.82 Å². The lowest BCUT2D eigenvalue weighted by Gasteiger charge is -2.15. The van der Waals surface area contributed by atoms with Crippen molar-refractivity contribution in [1.82, 2.24) is 25.1 Å². The van der Waals surface area contributed by atoms with E-state index in [1.54, 1.807) is 6.92 Å². The molecular formula is C18H22F2N8. The third-order valence-electron chi connectivity index (χ3n) is 4.05. The Morgan fingerprint density at radius 1 is 1.07 bits per heavy atom. The minimum Gasteiger partial charge on any atom is -0.368 e. The van der Waals surface area contributed by atoms with Crippen LogP contribution in [-0.2, 0) is 5.41 Å². The molecule has 0 fully saturated rings. The number of rotatable bonds is 5. The Bertz CT molecular complexity index is 980. The van der Waals surface area contributed by atoms with Crippen molar-refractivity contribution in [2.75, 3.05) is 16.4 Å². The van der Waals surface area contributed by atoms with Gasteiger partial charge in [0.1, 0.15) is 11.6 Å². The lowest BCUT2D eigenvalue weighted by molar-refractivity contribution is 0.565. The van der Waals surface area contributed by atoms with Crippen molar-refractivity contribution in [2.24, 2.45) is 0 Å². The summed E-state index contributed by atoms with van der Waals surface area (Å²) in [4.78, 5) is 12.3. The van der Waals surface area contributed by atoms with Crippen LogP contribution in [0, 0.1) is 11.6 Å². The second-order valence-corrected chi connectivity index (χ2v) is 7.41. The number of nitrogen functional groups attached to an aromatic ring is 1. The Hall–Kier alpha value is -3.30. The molecule has 0 saturated heterocycles. The molecule has 0 saturated carbocycles. The number of nitrogens with zero attached hydrogens (tertiary/aromatic N) is 4. The highest BCUT2D eigenvalue weighted by molar-refractivity contribution is 5.52. The summed E-state index contributed by atoms with van der Waals surface area (Å²) in [5.74, 6) is -0.450. The van der Waals surface area contributed by atoms with Gasteiger partial charge in [0.15, 0.2) is 5.82 Å². The van der Waals surface area contributed by atoms with Gasteiger partial charge >= 0.3 is 0 Å². The molecule has 1 unspecified atom stereocenters. The van der Waals surface area contributed by atoms with Crippen LogP contribution in [0.15, 0.2) is 24.3 Å². The molecule has 3 aromatic rings. The summed E-state index contributed by atoms with van der Waals surface area (Å²) < 4.78 is 27.1. The highest BCUT2D eigenvalue weighted by atomic mass is 19.1. The number of H-pyrrole nitrogens is 1. The maximum absolute atomic E-state index is 14.0. The van der Waals surface area contributed by atoms with E-state index < -0.39 is 17.7 Å². The maximum atomic E-state index is 14.0. The summed E-state index contributed by atoms with van der Waals surface area (Å²) in [5.41, 5.74) is 6.88. The van der Waals surface area contributed by atoms with Gasteiger partial charge in [-0.15, -0.1) is 0 Å². The Morgan fingerprint density at radius 2 is 1.79 bits per heavy atom. The number of nitrogens with one attached hydrogen (secondary N) is 3. The van der Waals surface area contributed by atoms with E-state index in [0.717, 1.165) is 11.8 Å². The lowest BCUT2D eigenvalue weighted by atomic mass is 9.92. The smallest absolute Gasteiger partial charge is 0.235 e. The minimum atomic E-state index is -0.661. The van der Waals surface area contributed by atoms with Crippen LogP contribution in [0.3, 0.4) is 0 Å². The number of hydrogen-bond donors (Lipinski definition) is 4. The molecule has 2 heterocycles. The van der Waals surface area contributed by atoms with Crippen LogP contribution in [0.25, 0.3) is 0 Å². The molecule has 0 bridgehead atoms. The summed E-state index contributed by atoms with van der Waals surface area (Å²) in [7, 11) is 0. The van der Waals surface area contributed by atoms with E-state index in [9.17, 15) is 8.78 Å². The largest absolute Gasteiger partial charge is 0.368 e. The van der Waals surface area contributed by atoms with E-state index in [1.807, 2.05) is 6.07 Å². The standard InChI is InChI=1S/C18H22F2N8/c1-9(11-6-5-10(19)7-12(11)20)22-16-24-15(21)25-17(26-16)23-14-8-13(27-28-14)18(2,3)4/h5-9H,1-4H3,(H5,21,22,23,24,25,26,27,28). The van der Waals surface area contributed by atoms with Gasteiger partial charge in [0, 0.05) is 28.8 Å². The van der Waals surface area contributed by atoms with Crippen molar-refractivity contribution < 1.29 is 8.78 Å². The highest BCUT2D eigenvalue weighted by Gasteiger charge is 2.18. The number of aromatic nitrogens is 5. The van der Waals surface area contributed by atoms with Gasteiger partial charge in [-0.05, 0) is 13.0 Å². The molecule has 10 heteroatoms. The molecule has 5 N–H and O–H groups in total. The number of aromatic amines is 1. The first-order valence-corrected chi connectivity index (χ1v) is 8.68. The SMILES string of the molecule is CC(Nc1nc(N)nc(Nc2cc(C(C)(C)C)[nH]n2)n1)c1ccc(F)cc1F. The van der Waals surface area contributed by atoms with Crippen LogP contribution in [0.4, 0.5) is 32.4 Å². The maximum Gasteiger partial charge on any atom is 0.235 e. The van der Waals surface area contributed by atoms with Crippen molar-refractivity contribution in [1.29, 1.82) is 0 Å². The highest BCUT2D eigenvalue weighted by Crippen LogP contribution is 2.24. The van der Waals surface area contributed by atoms with Gasteiger partial charge in [-0.1, -0.05) is 26.8 Å². The minimum absolute atomic E-state index is 0.0154. The van der Waals surface area contributed by atoms with Crippen molar-refractivity contribution in [3.63, 3.8) is 0 Å². The zero-order valence-electron chi connectivity index (χ0n) is 16.0. The monoisotopic (exact) mass is 388 g/mol. The molecule has 0 aliphatic rings. The van der Waals surface area contributed by atoms with E-state index in [1.165, 1.54) is 12.1 Å². The van der Waals surface area contributed by atoms with E-state index in [-0.39, 0.29) is 28.8 Å². The second kappa shape index (κ2) is 7.37. The van der Waals surface area contributed by atoms with Crippen LogP contribution < -0.4 is 16.4 Å². The topological polar surface area (TPSA) is 117 Å². The number of anilines is 4. The molecule has 0 aliphatic carbocycles. The van der Waals surface area contributed by atoms with E-state index in [2.05, 4.69) is 56.6 Å². The Morgan fingerprint density at radius 3 is 2.43 bits per heavy atom. The summed E-state index contributed by atoms with van der Waals surface area (Å²) in [6.07, 6.45) is 0. The molecular weight excluding hydrogens is 366 g/mol. The first-order valence-electron chi connectivity index (χ1n) is 8.68. The van der Waals surface area contributed by atoms with Gasteiger partial charge < -0.3 is 16.4 Å². The normalized spacial score (nSPS) is 12.6. The lowest BCUT2D eigenvalue weighted by Crippen LogP contribution is -2.14. The Balaban J connectivity index is 1.78. The van der Waals surface area contributed by atoms with E-state index in [4.69, 9.17) is 5.73 Å². The van der Waals surface area contributed by atoms with Gasteiger partial charge in [0.2, 0.25) is 17.8 Å². The van der Waals surface area contributed by atoms with Gasteiger partial charge in [-0.2, -0.15) is 20.1 Å². The summed E-state index contributed by atoms with van der Waals surface area (Å²) in [6, 6.07) is 4.71. The van der Waals surface area contributed by atoms with Crippen LogP contribution >= 0.6 is 0 Å². The predicted octanol–water partition coefficient (Wildman–Crippen LogP) is 3.67. The number of hydrogen-bond acceptors (Lipinski definition) is 7. The average Bonchev–Trinajstić information content (AvgIpc) is 3.02. The van der Waals surface area contributed by atoms with Crippen molar-refractivity contribution in [3.05, 3.63) is 47.2 Å². The molecule has 3 rings (SSSR count). The van der Waals surface area contributed by atoms with Gasteiger partial charge in [0.05, 0.1) is 6.04 Å². The molecule has 0 amide bonds. The van der Waals surface area contributed by atoms with Crippen LogP contribution in [0.5, 0.6) is 0 Å². The molecule has 0 radical (unpaired) electrons. The third-order valence-corrected chi connectivity index (χ3v) is 4.05. The van der Waals surface area contributed by atoms with Crippen molar-refractivity contribution >= 4 is 23.7 Å². The number of nitrogens with two attached hydrogens (primary N) is 1. The fourth-order valence-electron chi connectivity index (χ4n) is 2.52. The van der Waals surface area contributed by atoms with E-state index >= 15 is 0 Å². The summed E-state index contributed by atoms with van der Waals surface area (Å²) in [6.45, 7) is 7.88. The fourth-order valence-corrected chi connectivity index (χ4v) is 2.52. The third kappa shape index (κ3) is 4.51. The fraction of sp³-hybridized carbons (Fsp3) is 0.333. The molecule has 0 spiro atoms. The average molecular weight is 388 g/mol. The molecule has 8 nitrogen and oxygen atoms in total. The molecule has 1 aromatic carbocycles. The number of halogens is 2. The van der Waals surface area contributed by atoms with Gasteiger partial charge in [0.25, 0.3) is 0 Å². The first-order chi connectivity index (χ1) is 13.1. The quantitative estimate of drug-likeness (QED) is 0.527.